The molecule has 2 aromatic heterocycles. The summed E-state index contributed by atoms with van der Waals surface area (Å²) in [6.45, 7) is 3.05. The van der Waals surface area contributed by atoms with Crippen LogP contribution in [0, 0.1) is 0 Å². The maximum atomic E-state index is 12.3. The Kier molecular flexibility index (Phi) is 5.01. The Hall–Kier alpha value is -2.74. The number of aromatic amines is 1. The number of hydrogen-bond acceptors (Lipinski definition) is 5. The minimum Gasteiger partial charge on any atom is -0.587 e. The van der Waals surface area contributed by atoms with Crippen LogP contribution in [0.4, 0.5) is 5.69 Å². The van der Waals surface area contributed by atoms with Gasteiger partial charge in [0, 0.05) is 30.2 Å². The molecule has 0 amide bonds. The molecular formula is C22H22N4O2S. The molecule has 1 fully saturated rings. The molecule has 1 aliphatic rings. The van der Waals surface area contributed by atoms with Crippen molar-refractivity contribution in [1.82, 2.24) is 14.9 Å². The number of nitrogens with one attached hydrogen (secondary N) is 2. The second-order valence-electron chi connectivity index (χ2n) is 7.40. The van der Waals surface area contributed by atoms with Gasteiger partial charge >= 0.3 is 5.03 Å². The molecule has 6 nitrogen and oxygen atoms in total. The minimum absolute atomic E-state index is 0.390. The van der Waals surface area contributed by atoms with Crippen molar-refractivity contribution >= 4 is 28.0 Å². The summed E-state index contributed by atoms with van der Waals surface area (Å²) in [7, 11) is 0. The lowest BCUT2D eigenvalue weighted by Gasteiger charge is -2.16. The first-order valence-electron chi connectivity index (χ1n) is 9.70. The third kappa shape index (κ3) is 3.89. The number of benzene rings is 2. The van der Waals surface area contributed by atoms with Crippen LogP contribution in [0.1, 0.15) is 23.5 Å². The number of nitrogens with zero attached hydrogens (tertiary/aromatic N) is 2. The molecule has 1 saturated heterocycles. The predicted molar refractivity (Wildman–Crippen MR) is 114 cm³/mol. The molecule has 2 unspecified atom stereocenters. The van der Waals surface area contributed by atoms with Gasteiger partial charge in [-0.05, 0) is 48.2 Å². The van der Waals surface area contributed by atoms with Crippen molar-refractivity contribution in [1.29, 1.82) is 0 Å². The predicted octanol–water partition coefficient (Wildman–Crippen LogP) is 4.28. The summed E-state index contributed by atoms with van der Waals surface area (Å²) in [5.74, 6) is 0.474. The van der Waals surface area contributed by atoms with Gasteiger partial charge in [0.05, 0.1) is 5.69 Å². The third-order valence-corrected chi connectivity index (χ3v) is 6.51. The second-order valence-corrected chi connectivity index (χ2v) is 8.56. The number of hydrogen-bond donors (Lipinski definition) is 2. The highest BCUT2D eigenvalue weighted by atomic mass is 32.2. The fourth-order valence-corrected chi connectivity index (χ4v) is 4.79. The van der Waals surface area contributed by atoms with E-state index in [0.29, 0.717) is 10.9 Å². The lowest BCUT2D eigenvalue weighted by atomic mass is 9.98. The largest absolute Gasteiger partial charge is 0.587 e. The van der Waals surface area contributed by atoms with E-state index in [1.807, 2.05) is 12.1 Å². The molecule has 1 aliphatic heterocycles. The Labute approximate surface area is 172 Å². The fraction of sp³-hybridized carbons (Fsp3) is 0.227. The van der Waals surface area contributed by atoms with E-state index in [1.165, 1.54) is 34.7 Å². The smallest absolute Gasteiger partial charge is 0.309 e. The Bertz CT molecular complexity index is 1100. The molecule has 0 spiro atoms. The molecule has 2 atom stereocenters. The van der Waals surface area contributed by atoms with Gasteiger partial charge in [-0.15, -0.1) is 0 Å². The molecule has 2 aromatic carbocycles. The standard InChI is InChI=1S/C22H22N4O2S/c27-29(22-14-28-15-24-22)25-19-5-3-4-16(10-19)17-8-9-26(12-17)13-18-11-23-21-7-2-1-6-20(18)21/h1-7,10-11,14-15,17,23,25H,8-9,12-13H2. The van der Waals surface area contributed by atoms with Crippen LogP contribution in [0.3, 0.4) is 0 Å². The number of aromatic nitrogens is 2. The number of oxazole rings is 1. The number of fused-ring (bicyclic) bond motifs is 1. The summed E-state index contributed by atoms with van der Waals surface area (Å²) in [6, 6.07) is 16.6. The Morgan fingerprint density at radius 1 is 1.24 bits per heavy atom. The highest BCUT2D eigenvalue weighted by Gasteiger charge is 2.25. The summed E-state index contributed by atoms with van der Waals surface area (Å²) in [5, 5.41) is 1.69. The molecule has 29 heavy (non-hydrogen) atoms. The lowest BCUT2D eigenvalue weighted by Crippen LogP contribution is -2.19. The lowest BCUT2D eigenvalue weighted by molar-refractivity contribution is 0.328. The van der Waals surface area contributed by atoms with Gasteiger partial charge in [0.2, 0.25) is 0 Å². The molecule has 2 N–H and O–H groups in total. The van der Waals surface area contributed by atoms with Gasteiger partial charge in [0.1, 0.15) is 11.4 Å². The van der Waals surface area contributed by atoms with Crippen molar-refractivity contribution in [2.75, 3.05) is 17.8 Å². The molecule has 7 heteroatoms. The summed E-state index contributed by atoms with van der Waals surface area (Å²) >= 11 is -1.42. The summed E-state index contributed by atoms with van der Waals surface area (Å²) in [5.41, 5.74) is 4.64. The number of likely N-dealkylation sites (tertiary alicyclic amines) is 1. The number of para-hydroxylation sites is 1. The van der Waals surface area contributed by atoms with Gasteiger partial charge in [0.15, 0.2) is 12.7 Å². The minimum atomic E-state index is -1.42. The van der Waals surface area contributed by atoms with Gasteiger partial charge < -0.3 is 14.0 Å². The first kappa shape index (κ1) is 18.3. The average molecular weight is 407 g/mol. The van der Waals surface area contributed by atoms with E-state index < -0.39 is 11.4 Å². The first-order valence-corrected chi connectivity index (χ1v) is 10.9. The number of rotatable bonds is 6. The van der Waals surface area contributed by atoms with Gasteiger partial charge in [-0.1, -0.05) is 30.3 Å². The Morgan fingerprint density at radius 3 is 3.07 bits per heavy atom. The van der Waals surface area contributed by atoms with Gasteiger partial charge in [0.25, 0.3) is 0 Å². The maximum absolute atomic E-state index is 12.3. The monoisotopic (exact) mass is 406 g/mol. The van der Waals surface area contributed by atoms with Crippen LogP contribution in [0.15, 0.2) is 76.8 Å². The van der Waals surface area contributed by atoms with E-state index in [-0.39, 0.29) is 0 Å². The topological polar surface area (TPSA) is 80.1 Å². The van der Waals surface area contributed by atoms with Crippen LogP contribution in [0.2, 0.25) is 0 Å². The van der Waals surface area contributed by atoms with Crippen molar-refractivity contribution in [3.05, 3.63) is 78.5 Å². The second kappa shape index (κ2) is 7.94. The van der Waals surface area contributed by atoms with Crippen LogP contribution >= 0.6 is 0 Å². The molecule has 0 radical (unpaired) electrons. The zero-order chi connectivity index (χ0) is 19.6. The van der Waals surface area contributed by atoms with Crippen molar-refractivity contribution < 1.29 is 8.97 Å². The summed E-state index contributed by atoms with van der Waals surface area (Å²) in [4.78, 5) is 9.82. The molecule has 4 aromatic rings. The fourth-order valence-electron chi connectivity index (χ4n) is 4.06. The molecule has 0 saturated carbocycles. The van der Waals surface area contributed by atoms with Gasteiger partial charge in [-0.25, -0.2) is 4.72 Å². The first-order chi connectivity index (χ1) is 14.3. The Morgan fingerprint density at radius 2 is 2.17 bits per heavy atom. The van der Waals surface area contributed by atoms with Crippen LogP contribution in [0.25, 0.3) is 10.9 Å². The van der Waals surface area contributed by atoms with E-state index in [2.05, 4.69) is 62.2 Å². The number of H-pyrrole nitrogens is 1. The molecular weight excluding hydrogens is 384 g/mol. The average Bonchev–Trinajstić information content (AvgIpc) is 3.50. The molecule has 0 bridgehead atoms. The number of anilines is 1. The zero-order valence-electron chi connectivity index (χ0n) is 15.9. The van der Waals surface area contributed by atoms with E-state index in [9.17, 15) is 4.55 Å². The van der Waals surface area contributed by atoms with Crippen LogP contribution in [-0.2, 0) is 17.9 Å². The highest BCUT2D eigenvalue weighted by molar-refractivity contribution is 7.92. The van der Waals surface area contributed by atoms with E-state index in [4.69, 9.17) is 4.42 Å². The quantitative estimate of drug-likeness (QED) is 0.467. The zero-order valence-corrected chi connectivity index (χ0v) is 16.7. The maximum Gasteiger partial charge on any atom is 0.309 e. The van der Waals surface area contributed by atoms with Crippen molar-refractivity contribution in [3.8, 4) is 0 Å². The van der Waals surface area contributed by atoms with Crippen LogP contribution in [0.5, 0.6) is 0 Å². The van der Waals surface area contributed by atoms with E-state index >= 15 is 0 Å². The highest BCUT2D eigenvalue weighted by Crippen LogP contribution is 2.31. The van der Waals surface area contributed by atoms with Crippen LogP contribution < -0.4 is 4.72 Å². The summed E-state index contributed by atoms with van der Waals surface area (Å²) in [6.07, 6.45) is 5.93. The normalized spacial score (nSPS) is 18.3. The van der Waals surface area contributed by atoms with E-state index in [0.717, 1.165) is 31.7 Å². The van der Waals surface area contributed by atoms with E-state index in [1.54, 1.807) is 0 Å². The Balaban J connectivity index is 1.25. The molecule has 5 rings (SSSR count). The summed E-state index contributed by atoms with van der Waals surface area (Å²) < 4.78 is 20.2. The molecule has 3 heterocycles. The van der Waals surface area contributed by atoms with Crippen LogP contribution in [-0.4, -0.2) is 32.5 Å². The van der Waals surface area contributed by atoms with Gasteiger partial charge in [-0.3, -0.25) is 4.90 Å². The molecule has 0 aliphatic carbocycles. The third-order valence-electron chi connectivity index (χ3n) is 5.51. The van der Waals surface area contributed by atoms with Crippen molar-refractivity contribution in [2.45, 2.75) is 23.9 Å². The van der Waals surface area contributed by atoms with Crippen molar-refractivity contribution in [3.63, 3.8) is 0 Å². The van der Waals surface area contributed by atoms with Gasteiger partial charge in [-0.2, -0.15) is 4.98 Å². The molecule has 148 valence electrons. The van der Waals surface area contributed by atoms with Crippen molar-refractivity contribution in [2.24, 2.45) is 0 Å². The SMILES string of the molecule is [O-][S+](Nc1cccc(C2CCN(Cc3c[nH]c4ccccc34)C2)c1)c1cocn1.